The average Bonchev–Trinajstić information content (AvgIpc) is 3.20. The van der Waals surface area contributed by atoms with Crippen LogP contribution in [-0.4, -0.2) is 31.6 Å². The Labute approximate surface area is 158 Å². The van der Waals surface area contributed by atoms with E-state index in [1.165, 1.54) is 0 Å². The summed E-state index contributed by atoms with van der Waals surface area (Å²) in [6.07, 6.45) is 4.31. The number of methoxy groups -OCH3 is 1. The summed E-state index contributed by atoms with van der Waals surface area (Å²) in [6, 6.07) is 14.3. The number of para-hydroxylation sites is 3. The molecule has 0 radical (unpaired) electrons. The van der Waals surface area contributed by atoms with Gasteiger partial charge in [-0.25, -0.2) is 0 Å². The van der Waals surface area contributed by atoms with Gasteiger partial charge in [0.05, 0.1) is 18.4 Å². The number of anilines is 1. The summed E-state index contributed by atoms with van der Waals surface area (Å²) in [5.74, 6) is 0.471. The summed E-state index contributed by atoms with van der Waals surface area (Å²) >= 11 is 0. The molecule has 6 heteroatoms. The van der Waals surface area contributed by atoms with Crippen molar-refractivity contribution in [2.75, 3.05) is 19.0 Å². The SMILES string of the molecule is COc1ccccc1NC(=O)COc1ccccc1C(=O)NC1CCCC1. The van der Waals surface area contributed by atoms with Gasteiger partial charge >= 0.3 is 0 Å². The van der Waals surface area contributed by atoms with Crippen molar-refractivity contribution in [2.24, 2.45) is 0 Å². The molecule has 0 saturated heterocycles. The molecule has 2 amide bonds. The average molecular weight is 368 g/mol. The summed E-state index contributed by atoms with van der Waals surface area (Å²) in [7, 11) is 1.54. The molecule has 2 aromatic rings. The molecule has 142 valence electrons. The quantitative estimate of drug-likeness (QED) is 0.785. The summed E-state index contributed by atoms with van der Waals surface area (Å²) in [5, 5.41) is 5.79. The molecule has 1 aliphatic rings. The number of ether oxygens (including phenoxy) is 2. The molecule has 3 rings (SSSR count). The molecule has 2 aromatic carbocycles. The molecule has 0 unspecified atom stereocenters. The topological polar surface area (TPSA) is 76.7 Å². The molecule has 2 N–H and O–H groups in total. The van der Waals surface area contributed by atoms with Gasteiger partial charge in [-0.3, -0.25) is 9.59 Å². The van der Waals surface area contributed by atoms with Gasteiger partial charge < -0.3 is 20.1 Å². The summed E-state index contributed by atoms with van der Waals surface area (Å²) in [4.78, 5) is 24.8. The maximum Gasteiger partial charge on any atom is 0.262 e. The second-order valence-electron chi connectivity index (χ2n) is 6.49. The van der Waals surface area contributed by atoms with Crippen molar-refractivity contribution in [2.45, 2.75) is 31.7 Å². The van der Waals surface area contributed by atoms with Crippen molar-refractivity contribution in [1.29, 1.82) is 0 Å². The lowest BCUT2D eigenvalue weighted by atomic mass is 10.1. The summed E-state index contributed by atoms with van der Waals surface area (Å²) in [6.45, 7) is -0.203. The van der Waals surface area contributed by atoms with Crippen molar-refractivity contribution < 1.29 is 19.1 Å². The Morgan fingerprint density at radius 1 is 1.00 bits per heavy atom. The first-order valence-electron chi connectivity index (χ1n) is 9.13. The first-order valence-corrected chi connectivity index (χ1v) is 9.13. The minimum absolute atomic E-state index is 0.164. The molecule has 1 fully saturated rings. The zero-order valence-corrected chi connectivity index (χ0v) is 15.4. The predicted molar refractivity (Wildman–Crippen MR) is 103 cm³/mol. The summed E-state index contributed by atoms with van der Waals surface area (Å²) < 4.78 is 10.8. The Morgan fingerprint density at radius 2 is 1.67 bits per heavy atom. The standard InChI is InChI=1S/C21H24N2O4/c1-26-19-13-7-5-11-17(19)23-20(24)14-27-18-12-6-4-10-16(18)21(25)22-15-8-2-3-9-15/h4-7,10-13,15H,2-3,8-9,14H2,1H3,(H,22,25)(H,23,24). The fraction of sp³-hybridized carbons (Fsp3) is 0.333. The number of amides is 2. The van der Waals surface area contributed by atoms with Crippen LogP contribution < -0.4 is 20.1 Å². The Morgan fingerprint density at radius 3 is 2.41 bits per heavy atom. The van der Waals surface area contributed by atoms with Crippen molar-refractivity contribution in [3.8, 4) is 11.5 Å². The van der Waals surface area contributed by atoms with Crippen molar-refractivity contribution in [1.82, 2.24) is 5.32 Å². The van der Waals surface area contributed by atoms with Crippen LogP contribution in [-0.2, 0) is 4.79 Å². The summed E-state index contributed by atoms with van der Waals surface area (Å²) in [5.41, 5.74) is 1.01. The van der Waals surface area contributed by atoms with Gasteiger partial charge in [-0.2, -0.15) is 0 Å². The molecule has 6 nitrogen and oxygen atoms in total. The molecule has 27 heavy (non-hydrogen) atoms. The highest BCUT2D eigenvalue weighted by molar-refractivity contribution is 5.97. The van der Waals surface area contributed by atoms with E-state index in [2.05, 4.69) is 10.6 Å². The van der Waals surface area contributed by atoms with Crippen LogP contribution in [0.1, 0.15) is 36.0 Å². The fourth-order valence-electron chi connectivity index (χ4n) is 3.19. The van der Waals surface area contributed by atoms with E-state index < -0.39 is 0 Å². The Hall–Kier alpha value is -3.02. The van der Waals surface area contributed by atoms with Crippen LogP contribution in [0.5, 0.6) is 11.5 Å². The van der Waals surface area contributed by atoms with Gasteiger partial charge in [0.1, 0.15) is 11.5 Å². The van der Waals surface area contributed by atoms with Crippen LogP contribution in [0.25, 0.3) is 0 Å². The number of hydrogen-bond acceptors (Lipinski definition) is 4. The van der Waals surface area contributed by atoms with E-state index in [0.29, 0.717) is 22.7 Å². The minimum Gasteiger partial charge on any atom is -0.495 e. The van der Waals surface area contributed by atoms with Gasteiger partial charge in [0, 0.05) is 6.04 Å². The van der Waals surface area contributed by atoms with Crippen molar-refractivity contribution in [3.63, 3.8) is 0 Å². The lowest BCUT2D eigenvalue weighted by molar-refractivity contribution is -0.118. The molecule has 0 atom stereocenters. The third kappa shape index (κ3) is 5.00. The van der Waals surface area contributed by atoms with Crippen molar-refractivity contribution >= 4 is 17.5 Å². The monoisotopic (exact) mass is 368 g/mol. The normalized spacial score (nSPS) is 13.8. The van der Waals surface area contributed by atoms with Crippen LogP contribution in [0, 0.1) is 0 Å². The first kappa shape index (κ1) is 18.8. The number of carbonyl (C=O) groups excluding carboxylic acids is 2. The molecule has 0 spiro atoms. The molecule has 0 aliphatic heterocycles. The van der Waals surface area contributed by atoms with Crippen LogP contribution in [0.4, 0.5) is 5.69 Å². The zero-order valence-electron chi connectivity index (χ0n) is 15.4. The lowest BCUT2D eigenvalue weighted by Gasteiger charge is -2.15. The molecular weight excluding hydrogens is 344 g/mol. The Balaban J connectivity index is 1.60. The van der Waals surface area contributed by atoms with E-state index in [9.17, 15) is 9.59 Å². The third-order valence-electron chi connectivity index (χ3n) is 4.56. The minimum atomic E-state index is -0.328. The first-order chi connectivity index (χ1) is 13.2. The second kappa shape index (κ2) is 9.07. The fourth-order valence-corrected chi connectivity index (χ4v) is 3.19. The highest BCUT2D eigenvalue weighted by atomic mass is 16.5. The number of benzene rings is 2. The number of nitrogens with one attached hydrogen (secondary N) is 2. The largest absolute Gasteiger partial charge is 0.495 e. The van der Waals surface area contributed by atoms with Gasteiger partial charge in [0.15, 0.2) is 6.61 Å². The lowest BCUT2D eigenvalue weighted by Crippen LogP contribution is -2.33. The van der Waals surface area contributed by atoms with Gasteiger partial charge in [0.2, 0.25) is 0 Å². The van der Waals surface area contributed by atoms with E-state index in [-0.39, 0.29) is 24.5 Å². The maximum atomic E-state index is 12.5. The second-order valence-corrected chi connectivity index (χ2v) is 6.49. The van der Waals surface area contributed by atoms with E-state index in [1.54, 1.807) is 43.5 Å². The third-order valence-corrected chi connectivity index (χ3v) is 4.56. The van der Waals surface area contributed by atoms with E-state index in [0.717, 1.165) is 25.7 Å². The number of carbonyl (C=O) groups is 2. The number of rotatable bonds is 7. The number of hydrogen-bond donors (Lipinski definition) is 2. The Kier molecular flexibility index (Phi) is 6.30. The molecule has 0 heterocycles. The van der Waals surface area contributed by atoms with E-state index >= 15 is 0 Å². The molecule has 1 aliphatic carbocycles. The Bertz CT molecular complexity index is 800. The van der Waals surface area contributed by atoms with Gasteiger partial charge in [0.25, 0.3) is 11.8 Å². The highest BCUT2D eigenvalue weighted by Gasteiger charge is 2.20. The van der Waals surface area contributed by atoms with E-state index in [4.69, 9.17) is 9.47 Å². The van der Waals surface area contributed by atoms with Gasteiger partial charge in [-0.1, -0.05) is 37.1 Å². The van der Waals surface area contributed by atoms with Crippen LogP contribution in [0.3, 0.4) is 0 Å². The molecule has 0 aromatic heterocycles. The van der Waals surface area contributed by atoms with E-state index in [1.807, 2.05) is 12.1 Å². The predicted octanol–water partition coefficient (Wildman–Crippen LogP) is 3.39. The van der Waals surface area contributed by atoms with Crippen molar-refractivity contribution in [3.05, 3.63) is 54.1 Å². The van der Waals surface area contributed by atoms with Crippen LogP contribution >= 0.6 is 0 Å². The smallest absolute Gasteiger partial charge is 0.262 e. The van der Waals surface area contributed by atoms with Gasteiger partial charge in [-0.05, 0) is 37.1 Å². The van der Waals surface area contributed by atoms with Crippen LogP contribution in [0.2, 0.25) is 0 Å². The molecular formula is C21H24N2O4. The molecule has 0 bridgehead atoms. The zero-order chi connectivity index (χ0) is 19.1. The maximum absolute atomic E-state index is 12.5. The van der Waals surface area contributed by atoms with Crippen LogP contribution in [0.15, 0.2) is 48.5 Å². The van der Waals surface area contributed by atoms with Gasteiger partial charge in [-0.15, -0.1) is 0 Å². The molecule has 1 saturated carbocycles. The highest BCUT2D eigenvalue weighted by Crippen LogP contribution is 2.24.